The van der Waals surface area contributed by atoms with Gasteiger partial charge in [0.2, 0.25) is 5.91 Å². The minimum atomic E-state index is -1.34. The van der Waals surface area contributed by atoms with Crippen LogP contribution in [0, 0.1) is 17.5 Å². The van der Waals surface area contributed by atoms with Gasteiger partial charge in [0, 0.05) is 12.1 Å². The number of nitrogens with one attached hydrogen (secondary N) is 2. The zero-order chi connectivity index (χ0) is 13.0. The van der Waals surface area contributed by atoms with Crippen LogP contribution in [0.3, 0.4) is 0 Å². The summed E-state index contributed by atoms with van der Waals surface area (Å²) >= 11 is 0. The predicted octanol–water partition coefficient (Wildman–Crippen LogP) is 0.711. The SMILES string of the molecule is NC(=O)NC(=O)CNc1cc(F)c(F)cc1F. The van der Waals surface area contributed by atoms with E-state index in [9.17, 15) is 22.8 Å². The van der Waals surface area contributed by atoms with Gasteiger partial charge in [-0.3, -0.25) is 10.1 Å². The van der Waals surface area contributed by atoms with Crippen LogP contribution in [0.4, 0.5) is 23.7 Å². The molecule has 0 atom stereocenters. The van der Waals surface area contributed by atoms with E-state index in [0.29, 0.717) is 12.1 Å². The summed E-state index contributed by atoms with van der Waals surface area (Å²) < 4.78 is 38.3. The fraction of sp³-hybridized carbons (Fsp3) is 0.111. The van der Waals surface area contributed by atoms with Crippen molar-refractivity contribution < 1.29 is 22.8 Å². The van der Waals surface area contributed by atoms with Crippen molar-refractivity contribution in [3.8, 4) is 0 Å². The monoisotopic (exact) mass is 247 g/mol. The number of anilines is 1. The molecule has 1 aromatic rings. The average molecular weight is 247 g/mol. The van der Waals surface area contributed by atoms with E-state index in [4.69, 9.17) is 0 Å². The zero-order valence-corrected chi connectivity index (χ0v) is 8.39. The molecule has 0 aliphatic heterocycles. The van der Waals surface area contributed by atoms with Crippen LogP contribution in [-0.2, 0) is 4.79 Å². The van der Waals surface area contributed by atoms with E-state index in [1.165, 1.54) is 0 Å². The lowest BCUT2D eigenvalue weighted by atomic mass is 10.3. The van der Waals surface area contributed by atoms with Gasteiger partial charge in [-0.2, -0.15) is 0 Å². The quantitative estimate of drug-likeness (QED) is 0.688. The highest BCUT2D eigenvalue weighted by Crippen LogP contribution is 2.17. The first-order valence-electron chi connectivity index (χ1n) is 4.38. The van der Waals surface area contributed by atoms with E-state index in [2.05, 4.69) is 11.1 Å². The first-order chi connectivity index (χ1) is 7.90. The largest absolute Gasteiger partial charge is 0.374 e. The van der Waals surface area contributed by atoms with Gasteiger partial charge in [0.25, 0.3) is 0 Å². The molecule has 0 spiro atoms. The molecule has 0 unspecified atom stereocenters. The Hall–Kier alpha value is -2.25. The van der Waals surface area contributed by atoms with Gasteiger partial charge in [0.15, 0.2) is 11.6 Å². The number of primary amides is 1. The average Bonchev–Trinajstić information content (AvgIpc) is 2.20. The minimum Gasteiger partial charge on any atom is -0.374 e. The summed E-state index contributed by atoms with van der Waals surface area (Å²) in [5.74, 6) is -4.49. The van der Waals surface area contributed by atoms with E-state index in [1.54, 1.807) is 5.32 Å². The number of imide groups is 1. The number of rotatable bonds is 3. The second-order valence-corrected chi connectivity index (χ2v) is 3.01. The van der Waals surface area contributed by atoms with E-state index < -0.39 is 41.6 Å². The number of nitrogens with two attached hydrogens (primary N) is 1. The molecule has 92 valence electrons. The minimum absolute atomic E-state index is 0.337. The van der Waals surface area contributed by atoms with Gasteiger partial charge in [-0.05, 0) is 0 Å². The third-order valence-corrected chi connectivity index (χ3v) is 1.71. The number of urea groups is 1. The highest BCUT2D eigenvalue weighted by Gasteiger charge is 2.11. The first kappa shape index (κ1) is 12.8. The molecule has 1 rings (SSSR count). The van der Waals surface area contributed by atoms with Crippen molar-refractivity contribution in [2.24, 2.45) is 5.73 Å². The summed E-state index contributed by atoms with van der Waals surface area (Å²) in [5, 5.41) is 3.89. The smallest absolute Gasteiger partial charge is 0.318 e. The summed E-state index contributed by atoms with van der Waals surface area (Å²) in [6.45, 7) is -0.509. The van der Waals surface area contributed by atoms with Crippen molar-refractivity contribution in [3.63, 3.8) is 0 Å². The van der Waals surface area contributed by atoms with Crippen molar-refractivity contribution in [1.29, 1.82) is 0 Å². The summed E-state index contributed by atoms with van der Waals surface area (Å²) in [7, 11) is 0. The molecule has 1 aromatic carbocycles. The Kier molecular flexibility index (Phi) is 3.91. The second-order valence-electron chi connectivity index (χ2n) is 3.01. The maximum absolute atomic E-state index is 13.1. The fourth-order valence-electron chi connectivity index (χ4n) is 1.02. The molecule has 0 aromatic heterocycles. The highest BCUT2D eigenvalue weighted by molar-refractivity contribution is 5.95. The molecule has 0 saturated carbocycles. The van der Waals surface area contributed by atoms with Crippen LogP contribution < -0.4 is 16.4 Å². The number of amides is 3. The number of carbonyl (C=O) groups is 2. The van der Waals surface area contributed by atoms with Gasteiger partial charge >= 0.3 is 6.03 Å². The maximum Gasteiger partial charge on any atom is 0.318 e. The van der Waals surface area contributed by atoms with Crippen LogP contribution in [-0.4, -0.2) is 18.5 Å². The molecular weight excluding hydrogens is 239 g/mol. The molecule has 8 heteroatoms. The van der Waals surface area contributed by atoms with Gasteiger partial charge in [-0.1, -0.05) is 0 Å². The Morgan fingerprint density at radius 3 is 2.29 bits per heavy atom. The van der Waals surface area contributed by atoms with Crippen molar-refractivity contribution in [2.75, 3.05) is 11.9 Å². The van der Waals surface area contributed by atoms with Crippen molar-refractivity contribution >= 4 is 17.6 Å². The van der Waals surface area contributed by atoms with Crippen LogP contribution >= 0.6 is 0 Å². The van der Waals surface area contributed by atoms with E-state index in [-0.39, 0.29) is 0 Å². The van der Waals surface area contributed by atoms with Gasteiger partial charge < -0.3 is 11.1 Å². The number of hydrogen-bond acceptors (Lipinski definition) is 3. The van der Waals surface area contributed by atoms with Crippen molar-refractivity contribution in [3.05, 3.63) is 29.6 Å². The van der Waals surface area contributed by atoms with Gasteiger partial charge in [-0.15, -0.1) is 0 Å². The molecule has 3 amide bonds. The molecule has 0 fully saturated rings. The Bertz CT molecular complexity index is 465. The molecule has 5 nitrogen and oxygen atoms in total. The Morgan fingerprint density at radius 2 is 1.71 bits per heavy atom. The number of hydrogen-bond donors (Lipinski definition) is 3. The lowest BCUT2D eigenvalue weighted by Gasteiger charge is -2.07. The van der Waals surface area contributed by atoms with Crippen molar-refractivity contribution in [2.45, 2.75) is 0 Å². The van der Waals surface area contributed by atoms with Gasteiger partial charge in [0.1, 0.15) is 5.82 Å². The summed E-state index contributed by atoms with van der Waals surface area (Å²) in [6, 6.07) is -0.172. The molecular formula is C9H8F3N3O2. The van der Waals surface area contributed by atoms with E-state index >= 15 is 0 Å². The predicted molar refractivity (Wildman–Crippen MR) is 52.5 cm³/mol. The summed E-state index contributed by atoms with van der Waals surface area (Å²) in [4.78, 5) is 21.2. The van der Waals surface area contributed by atoms with Gasteiger partial charge in [0.05, 0.1) is 12.2 Å². The third-order valence-electron chi connectivity index (χ3n) is 1.71. The Balaban J connectivity index is 2.66. The van der Waals surface area contributed by atoms with Crippen LogP contribution in [0.25, 0.3) is 0 Å². The molecule has 4 N–H and O–H groups in total. The Labute approximate surface area is 93.8 Å². The van der Waals surface area contributed by atoms with Crippen LogP contribution in [0.1, 0.15) is 0 Å². The van der Waals surface area contributed by atoms with Crippen LogP contribution in [0.5, 0.6) is 0 Å². The zero-order valence-electron chi connectivity index (χ0n) is 8.39. The third kappa shape index (κ3) is 3.67. The normalized spacial score (nSPS) is 9.82. The molecule has 0 heterocycles. The molecule has 17 heavy (non-hydrogen) atoms. The molecule has 0 bridgehead atoms. The number of halogens is 3. The summed E-state index contributed by atoms with van der Waals surface area (Å²) in [5.41, 5.74) is 4.25. The number of benzene rings is 1. The molecule has 0 saturated heterocycles. The number of carbonyl (C=O) groups excluding carboxylic acids is 2. The van der Waals surface area contributed by atoms with E-state index in [0.717, 1.165) is 0 Å². The van der Waals surface area contributed by atoms with E-state index in [1.807, 2.05) is 0 Å². The van der Waals surface area contributed by atoms with Crippen LogP contribution in [0.15, 0.2) is 12.1 Å². The van der Waals surface area contributed by atoms with Crippen molar-refractivity contribution in [1.82, 2.24) is 5.32 Å². The van der Waals surface area contributed by atoms with Gasteiger partial charge in [-0.25, -0.2) is 18.0 Å². The lowest BCUT2D eigenvalue weighted by molar-refractivity contribution is -0.118. The Morgan fingerprint density at radius 1 is 1.12 bits per heavy atom. The highest BCUT2D eigenvalue weighted by atomic mass is 19.2. The maximum atomic E-state index is 13.1. The lowest BCUT2D eigenvalue weighted by Crippen LogP contribution is -2.38. The molecule has 0 aliphatic rings. The molecule has 0 radical (unpaired) electrons. The molecule has 0 aliphatic carbocycles. The first-order valence-corrected chi connectivity index (χ1v) is 4.38. The standard InChI is InChI=1S/C9H8F3N3O2/c10-4-1-6(12)7(2-5(4)11)14-3-8(16)15-9(13)17/h1-2,14H,3H2,(H3,13,15,16,17). The topological polar surface area (TPSA) is 84.2 Å². The summed E-state index contributed by atoms with van der Waals surface area (Å²) in [6.07, 6.45) is 0. The second kappa shape index (κ2) is 5.19. The van der Waals surface area contributed by atoms with Crippen LogP contribution in [0.2, 0.25) is 0 Å². The fourth-order valence-corrected chi connectivity index (χ4v) is 1.02.